The molecule has 0 radical (unpaired) electrons. The fourth-order valence-corrected chi connectivity index (χ4v) is 5.01. The van der Waals surface area contributed by atoms with Crippen LogP contribution in [0.5, 0.6) is 0 Å². The van der Waals surface area contributed by atoms with Gasteiger partial charge in [0.2, 0.25) is 11.9 Å². The van der Waals surface area contributed by atoms with Crippen molar-refractivity contribution in [3.8, 4) is 0 Å². The molecule has 2 aromatic heterocycles. The Morgan fingerprint density at radius 3 is 2.48 bits per heavy atom. The Kier molecular flexibility index (Phi) is 5.07. The molecule has 2 aliphatic heterocycles. The van der Waals surface area contributed by atoms with Crippen molar-refractivity contribution in [2.24, 2.45) is 11.7 Å². The number of carbonyl (C=O) groups excluding carboxylic acids is 2. The first-order valence-electron chi connectivity index (χ1n) is 9.35. The van der Waals surface area contributed by atoms with Crippen molar-refractivity contribution in [1.29, 1.82) is 0 Å². The second-order valence-electron chi connectivity index (χ2n) is 7.07. The molecule has 0 spiro atoms. The largest absolute Gasteiger partial charge is 0.365 e. The molecule has 0 aliphatic carbocycles. The van der Waals surface area contributed by atoms with Crippen LogP contribution in [0.15, 0.2) is 30.6 Å². The zero-order valence-electron chi connectivity index (χ0n) is 15.1. The third-order valence-electron chi connectivity index (χ3n) is 5.41. The highest BCUT2D eigenvalue weighted by molar-refractivity contribution is 7.14. The lowest BCUT2D eigenvalue weighted by Gasteiger charge is -2.34. The molecule has 2 aromatic rings. The number of nitrogens with two attached hydrogens (primary N) is 1. The van der Waals surface area contributed by atoms with Gasteiger partial charge in [-0.2, -0.15) is 0 Å². The lowest BCUT2D eigenvalue weighted by molar-refractivity contribution is -0.137. The van der Waals surface area contributed by atoms with Crippen LogP contribution in [0.2, 0.25) is 0 Å². The Morgan fingerprint density at radius 1 is 1.07 bits per heavy atom. The molecule has 2 aliphatic rings. The van der Waals surface area contributed by atoms with Gasteiger partial charge in [0.15, 0.2) is 0 Å². The van der Waals surface area contributed by atoms with Crippen LogP contribution in [0.4, 0.5) is 5.95 Å². The van der Waals surface area contributed by atoms with Gasteiger partial charge in [-0.1, -0.05) is 0 Å². The summed E-state index contributed by atoms with van der Waals surface area (Å²) < 4.78 is 0. The number of anilines is 1. The molecule has 7 nitrogen and oxygen atoms in total. The van der Waals surface area contributed by atoms with Crippen molar-refractivity contribution in [1.82, 2.24) is 14.9 Å². The number of piperidine rings is 1. The molecule has 2 N–H and O–H groups in total. The van der Waals surface area contributed by atoms with Crippen molar-refractivity contribution < 1.29 is 9.59 Å². The fraction of sp³-hybridized carbons (Fsp3) is 0.474. The molecule has 0 aromatic carbocycles. The van der Waals surface area contributed by atoms with Crippen LogP contribution in [0.25, 0.3) is 0 Å². The number of thiophene rings is 1. The van der Waals surface area contributed by atoms with E-state index >= 15 is 0 Å². The van der Waals surface area contributed by atoms with Crippen LogP contribution < -0.4 is 10.6 Å². The number of amides is 2. The predicted octanol–water partition coefficient (Wildman–Crippen LogP) is 2.22. The number of rotatable bonds is 4. The van der Waals surface area contributed by atoms with E-state index in [-0.39, 0.29) is 17.9 Å². The first-order chi connectivity index (χ1) is 13.1. The second-order valence-corrected chi connectivity index (χ2v) is 8.18. The lowest BCUT2D eigenvalue weighted by atomic mass is 9.95. The van der Waals surface area contributed by atoms with E-state index < -0.39 is 5.91 Å². The van der Waals surface area contributed by atoms with E-state index in [0.717, 1.165) is 56.1 Å². The van der Waals surface area contributed by atoms with Gasteiger partial charge in [0.05, 0.1) is 10.9 Å². The van der Waals surface area contributed by atoms with Crippen LogP contribution in [-0.4, -0.2) is 46.3 Å². The predicted molar refractivity (Wildman–Crippen MR) is 103 cm³/mol. The average molecular weight is 385 g/mol. The highest BCUT2D eigenvalue weighted by Gasteiger charge is 2.36. The molecule has 0 bridgehead atoms. The molecule has 2 amide bonds. The number of hydrogen-bond donors (Lipinski definition) is 1. The molecule has 142 valence electrons. The molecular formula is C19H23N5O2S. The molecule has 27 heavy (non-hydrogen) atoms. The van der Waals surface area contributed by atoms with Crippen LogP contribution in [-0.2, 0) is 4.79 Å². The quantitative estimate of drug-likeness (QED) is 0.871. The Balaban J connectivity index is 1.41. The molecular weight excluding hydrogens is 362 g/mol. The van der Waals surface area contributed by atoms with Gasteiger partial charge in [0.25, 0.3) is 5.91 Å². The normalized spacial score (nSPS) is 20.8. The third kappa shape index (κ3) is 3.66. The van der Waals surface area contributed by atoms with Crippen LogP contribution in [0.1, 0.15) is 46.3 Å². The summed E-state index contributed by atoms with van der Waals surface area (Å²) in [5.41, 5.74) is 5.37. The monoisotopic (exact) mass is 385 g/mol. The van der Waals surface area contributed by atoms with Crippen LogP contribution in [0.3, 0.4) is 0 Å². The highest BCUT2D eigenvalue weighted by Crippen LogP contribution is 2.37. The molecule has 0 unspecified atom stereocenters. The summed E-state index contributed by atoms with van der Waals surface area (Å²) in [5.74, 6) is 0.610. The number of carbonyl (C=O) groups is 2. The Bertz CT molecular complexity index is 817. The molecule has 2 saturated heterocycles. The minimum absolute atomic E-state index is 0.0427. The standard InChI is InChI=1S/C19H23N5O2S/c20-17(25)16-5-4-15(27-16)14-3-1-10-24(14)18(26)13-6-11-23(12-7-13)19-21-8-2-9-22-19/h2,4-5,8-9,13-14H,1,3,6-7,10-12H2,(H2,20,25)/t14-/m1/s1. The number of nitrogens with zero attached hydrogens (tertiary/aromatic N) is 4. The summed E-state index contributed by atoms with van der Waals surface area (Å²) in [4.78, 5) is 38.9. The van der Waals surface area contributed by atoms with Crippen molar-refractivity contribution in [2.45, 2.75) is 31.7 Å². The fourth-order valence-electron chi connectivity index (χ4n) is 4.01. The lowest BCUT2D eigenvalue weighted by Crippen LogP contribution is -2.42. The Morgan fingerprint density at radius 2 is 1.81 bits per heavy atom. The van der Waals surface area contributed by atoms with Gasteiger partial charge in [-0.15, -0.1) is 11.3 Å². The van der Waals surface area contributed by atoms with Gasteiger partial charge in [-0.25, -0.2) is 9.97 Å². The average Bonchev–Trinajstić information content (AvgIpc) is 3.37. The van der Waals surface area contributed by atoms with Crippen LogP contribution >= 0.6 is 11.3 Å². The van der Waals surface area contributed by atoms with Gasteiger partial charge in [-0.05, 0) is 43.9 Å². The number of hydrogen-bond acceptors (Lipinski definition) is 6. The summed E-state index contributed by atoms with van der Waals surface area (Å²) in [6.45, 7) is 2.38. The van der Waals surface area contributed by atoms with E-state index in [9.17, 15) is 9.59 Å². The molecule has 4 rings (SSSR count). The first kappa shape index (κ1) is 17.9. The number of aromatic nitrogens is 2. The van der Waals surface area contributed by atoms with Crippen LogP contribution in [0, 0.1) is 5.92 Å². The molecule has 1 atom stereocenters. The van der Waals surface area contributed by atoms with E-state index in [0.29, 0.717) is 4.88 Å². The van der Waals surface area contributed by atoms with Gasteiger partial charge < -0.3 is 15.5 Å². The van der Waals surface area contributed by atoms with E-state index in [1.54, 1.807) is 18.5 Å². The van der Waals surface area contributed by atoms with Gasteiger partial charge >= 0.3 is 0 Å². The first-order valence-corrected chi connectivity index (χ1v) is 10.2. The van der Waals surface area contributed by atoms with E-state index in [2.05, 4.69) is 14.9 Å². The minimum atomic E-state index is -0.405. The summed E-state index contributed by atoms with van der Waals surface area (Å²) in [6, 6.07) is 5.59. The third-order valence-corrected chi connectivity index (χ3v) is 6.61. The second kappa shape index (κ2) is 7.64. The smallest absolute Gasteiger partial charge is 0.258 e. The summed E-state index contributed by atoms with van der Waals surface area (Å²) >= 11 is 1.41. The van der Waals surface area contributed by atoms with Gasteiger partial charge in [0, 0.05) is 42.8 Å². The van der Waals surface area contributed by atoms with E-state index in [1.165, 1.54) is 11.3 Å². The maximum Gasteiger partial charge on any atom is 0.258 e. The van der Waals surface area contributed by atoms with Gasteiger partial charge in [-0.3, -0.25) is 9.59 Å². The van der Waals surface area contributed by atoms with E-state index in [4.69, 9.17) is 5.73 Å². The Labute approximate surface area is 162 Å². The minimum Gasteiger partial charge on any atom is -0.365 e. The summed E-state index contributed by atoms with van der Waals surface area (Å²) in [6.07, 6.45) is 7.07. The van der Waals surface area contributed by atoms with Crippen molar-refractivity contribution >= 4 is 29.1 Å². The maximum absolute atomic E-state index is 13.2. The number of likely N-dealkylation sites (tertiary alicyclic amines) is 1. The maximum atomic E-state index is 13.2. The Hall–Kier alpha value is -2.48. The molecule has 2 fully saturated rings. The zero-order chi connectivity index (χ0) is 18.8. The molecule has 8 heteroatoms. The van der Waals surface area contributed by atoms with Gasteiger partial charge in [0.1, 0.15) is 0 Å². The SMILES string of the molecule is NC(=O)c1ccc([C@H]2CCCN2C(=O)C2CCN(c3ncccn3)CC2)s1. The number of primary amides is 1. The van der Waals surface area contributed by atoms with Crippen molar-refractivity contribution in [2.75, 3.05) is 24.5 Å². The van der Waals surface area contributed by atoms with E-state index in [1.807, 2.05) is 17.0 Å². The summed E-state index contributed by atoms with van der Waals surface area (Å²) in [5, 5.41) is 0. The molecule has 0 saturated carbocycles. The van der Waals surface area contributed by atoms with Crippen molar-refractivity contribution in [3.05, 3.63) is 40.3 Å². The zero-order valence-corrected chi connectivity index (χ0v) is 15.9. The van der Waals surface area contributed by atoms with Crippen molar-refractivity contribution in [3.63, 3.8) is 0 Å². The topological polar surface area (TPSA) is 92.4 Å². The summed E-state index contributed by atoms with van der Waals surface area (Å²) in [7, 11) is 0. The highest BCUT2D eigenvalue weighted by atomic mass is 32.1. The molecule has 4 heterocycles.